The summed E-state index contributed by atoms with van der Waals surface area (Å²) in [6.07, 6.45) is 0. The van der Waals surface area contributed by atoms with Crippen LogP contribution in [0.4, 0.5) is 22.7 Å². The highest BCUT2D eigenvalue weighted by atomic mass is 79.9. The maximum Gasteiger partial charge on any atom is 0.250 e. The average Bonchev–Trinajstić information content (AvgIpc) is 2.47. The largest absolute Gasteiger partial charge is 0.388 e. The number of benzene rings is 2. The van der Waals surface area contributed by atoms with E-state index in [1.54, 1.807) is 4.90 Å². The lowest BCUT2D eigenvalue weighted by Crippen LogP contribution is -2.36. The van der Waals surface area contributed by atoms with Crippen LogP contribution in [0.15, 0.2) is 46.9 Å². The lowest BCUT2D eigenvalue weighted by molar-refractivity contribution is -0.116. The lowest BCUT2D eigenvalue weighted by Gasteiger charge is -2.30. The summed E-state index contributed by atoms with van der Waals surface area (Å²) in [5.41, 5.74) is 3.67. The molecule has 0 radical (unpaired) electrons. The van der Waals surface area contributed by atoms with Crippen molar-refractivity contribution in [2.45, 2.75) is 0 Å². The average molecular weight is 332 g/mol. The van der Waals surface area contributed by atoms with Gasteiger partial charge < -0.3 is 10.6 Å². The third-order valence-electron chi connectivity index (χ3n) is 3.27. The second-order valence-corrected chi connectivity index (χ2v) is 5.46. The second kappa shape index (κ2) is 5.17. The molecular weight excluding hydrogens is 318 g/mol. The highest BCUT2D eigenvalue weighted by Crippen LogP contribution is 2.37. The number of nitrogens with zero attached hydrogens (tertiary/aromatic N) is 1. The van der Waals surface area contributed by atoms with Crippen LogP contribution in [0.2, 0.25) is 0 Å². The summed E-state index contributed by atoms with van der Waals surface area (Å²) in [7, 11) is 1.86. The number of carbonyl (C=O) groups excluding carboxylic acids is 1. The molecule has 0 atom stereocenters. The summed E-state index contributed by atoms with van der Waals surface area (Å²) in [4.78, 5) is 14.0. The fourth-order valence-electron chi connectivity index (χ4n) is 2.31. The molecule has 3 rings (SSSR count). The molecule has 0 aliphatic carbocycles. The first-order valence-electron chi connectivity index (χ1n) is 6.33. The Morgan fingerprint density at radius 2 is 2.10 bits per heavy atom. The van der Waals surface area contributed by atoms with Gasteiger partial charge in [-0.3, -0.25) is 9.69 Å². The molecule has 0 saturated heterocycles. The van der Waals surface area contributed by atoms with Gasteiger partial charge in [-0.25, -0.2) is 0 Å². The number of amides is 1. The van der Waals surface area contributed by atoms with Crippen LogP contribution < -0.4 is 15.5 Å². The molecule has 20 heavy (non-hydrogen) atoms. The van der Waals surface area contributed by atoms with Crippen LogP contribution >= 0.6 is 15.9 Å². The zero-order valence-corrected chi connectivity index (χ0v) is 12.6. The molecule has 0 unspecified atom stereocenters. The van der Waals surface area contributed by atoms with Gasteiger partial charge in [0.05, 0.1) is 23.6 Å². The molecule has 0 aromatic heterocycles. The number of hydrogen-bond acceptors (Lipinski definition) is 3. The number of fused-ring (bicyclic) bond motifs is 1. The van der Waals surface area contributed by atoms with E-state index in [0.717, 1.165) is 27.2 Å². The van der Waals surface area contributed by atoms with Gasteiger partial charge in [0, 0.05) is 17.2 Å². The van der Waals surface area contributed by atoms with Crippen molar-refractivity contribution in [2.75, 3.05) is 29.1 Å². The van der Waals surface area contributed by atoms with Gasteiger partial charge in [-0.05, 0) is 36.4 Å². The number of rotatable bonds is 2. The van der Waals surface area contributed by atoms with Gasteiger partial charge in [-0.15, -0.1) is 0 Å². The van der Waals surface area contributed by atoms with E-state index in [9.17, 15) is 4.79 Å². The molecule has 0 fully saturated rings. The maximum absolute atomic E-state index is 12.3. The predicted molar refractivity (Wildman–Crippen MR) is 85.8 cm³/mol. The van der Waals surface area contributed by atoms with Crippen LogP contribution in [0.5, 0.6) is 0 Å². The summed E-state index contributed by atoms with van der Waals surface area (Å²) in [6.45, 7) is 0.299. The van der Waals surface area contributed by atoms with E-state index in [-0.39, 0.29) is 5.91 Å². The van der Waals surface area contributed by atoms with Crippen molar-refractivity contribution >= 4 is 44.6 Å². The second-order valence-electron chi connectivity index (χ2n) is 4.54. The van der Waals surface area contributed by atoms with Crippen LogP contribution in [-0.2, 0) is 4.79 Å². The van der Waals surface area contributed by atoms with Crippen LogP contribution in [0.25, 0.3) is 0 Å². The smallest absolute Gasteiger partial charge is 0.250 e. The molecule has 0 bridgehead atoms. The zero-order valence-electron chi connectivity index (χ0n) is 11.0. The Morgan fingerprint density at radius 3 is 2.90 bits per heavy atom. The van der Waals surface area contributed by atoms with Crippen molar-refractivity contribution in [1.29, 1.82) is 0 Å². The highest BCUT2D eigenvalue weighted by Gasteiger charge is 2.25. The zero-order chi connectivity index (χ0) is 14.1. The standard InChI is InChI=1S/C15H14BrN3O/c1-17-11-3-2-4-12(8-11)19-14-6-5-10(16)7-13(14)18-9-15(19)20/h2-8,17-18H,9H2,1H3. The van der Waals surface area contributed by atoms with E-state index in [2.05, 4.69) is 26.6 Å². The van der Waals surface area contributed by atoms with Crippen molar-refractivity contribution in [3.8, 4) is 0 Å². The molecule has 2 aromatic rings. The normalized spacial score (nSPS) is 13.7. The van der Waals surface area contributed by atoms with Gasteiger partial charge in [0.1, 0.15) is 0 Å². The minimum atomic E-state index is 0.0353. The Kier molecular flexibility index (Phi) is 3.36. The van der Waals surface area contributed by atoms with Crippen molar-refractivity contribution in [3.63, 3.8) is 0 Å². The molecule has 0 saturated carbocycles. The number of halogens is 1. The quantitative estimate of drug-likeness (QED) is 0.883. The Hall–Kier alpha value is -2.01. The van der Waals surface area contributed by atoms with Crippen molar-refractivity contribution < 1.29 is 4.79 Å². The Morgan fingerprint density at radius 1 is 1.25 bits per heavy atom. The van der Waals surface area contributed by atoms with E-state index in [4.69, 9.17) is 0 Å². The minimum absolute atomic E-state index is 0.0353. The van der Waals surface area contributed by atoms with Crippen LogP contribution in [0, 0.1) is 0 Å². The Labute approximate surface area is 125 Å². The predicted octanol–water partition coefficient (Wildman–Crippen LogP) is 3.58. The van der Waals surface area contributed by atoms with E-state index in [0.29, 0.717) is 6.54 Å². The first kappa shape index (κ1) is 13.0. The van der Waals surface area contributed by atoms with E-state index >= 15 is 0 Å². The fraction of sp³-hybridized carbons (Fsp3) is 0.133. The van der Waals surface area contributed by atoms with Gasteiger partial charge >= 0.3 is 0 Å². The molecule has 0 spiro atoms. The molecule has 1 heterocycles. The Balaban J connectivity index is 2.10. The van der Waals surface area contributed by atoms with Gasteiger partial charge in [-0.2, -0.15) is 0 Å². The van der Waals surface area contributed by atoms with Crippen LogP contribution in [0.3, 0.4) is 0 Å². The van der Waals surface area contributed by atoms with Gasteiger partial charge in [0.15, 0.2) is 0 Å². The monoisotopic (exact) mass is 331 g/mol. The third-order valence-corrected chi connectivity index (χ3v) is 3.77. The molecule has 1 aliphatic heterocycles. The van der Waals surface area contributed by atoms with Crippen molar-refractivity contribution in [3.05, 3.63) is 46.9 Å². The van der Waals surface area contributed by atoms with Crippen molar-refractivity contribution in [2.24, 2.45) is 0 Å². The molecule has 5 heteroatoms. The minimum Gasteiger partial charge on any atom is -0.388 e. The summed E-state index contributed by atoms with van der Waals surface area (Å²) >= 11 is 3.45. The summed E-state index contributed by atoms with van der Waals surface area (Å²) in [5, 5.41) is 6.24. The fourth-order valence-corrected chi connectivity index (χ4v) is 2.67. The molecular formula is C15H14BrN3O. The maximum atomic E-state index is 12.3. The van der Waals surface area contributed by atoms with E-state index in [1.807, 2.05) is 49.5 Å². The molecule has 1 amide bonds. The first-order valence-corrected chi connectivity index (χ1v) is 7.12. The first-order chi connectivity index (χ1) is 9.69. The topological polar surface area (TPSA) is 44.4 Å². The molecule has 2 N–H and O–H groups in total. The number of carbonyl (C=O) groups is 1. The Bertz CT molecular complexity index is 672. The highest BCUT2D eigenvalue weighted by molar-refractivity contribution is 9.10. The van der Waals surface area contributed by atoms with Crippen LogP contribution in [-0.4, -0.2) is 19.5 Å². The van der Waals surface area contributed by atoms with E-state index < -0.39 is 0 Å². The molecule has 102 valence electrons. The summed E-state index contributed by atoms with van der Waals surface area (Å²) in [5.74, 6) is 0.0353. The number of anilines is 4. The van der Waals surface area contributed by atoms with Gasteiger partial charge in [0.25, 0.3) is 5.91 Å². The summed E-state index contributed by atoms with van der Waals surface area (Å²) < 4.78 is 0.988. The lowest BCUT2D eigenvalue weighted by atomic mass is 10.1. The number of nitrogens with one attached hydrogen (secondary N) is 2. The molecule has 4 nitrogen and oxygen atoms in total. The van der Waals surface area contributed by atoms with Crippen molar-refractivity contribution in [1.82, 2.24) is 0 Å². The third kappa shape index (κ3) is 2.25. The van der Waals surface area contributed by atoms with E-state index in [1.165, 1.54) is 0 Å². The summed E-state index contributed by atoms with van der Waals surface area (Å²) in [6, 6.07) is 13.7. The van der Waals surface area contributed by atoms with Gasteiger partial charge in [0.2, 0.25) is 0 Å². The number of hydrogen-bond donors (Lipinski definition) is 2. The van der Waals surface area contributed by atoms with Crippen LogP contribution in [0.1, 0.15) is 0 Å². The van der Waals surface area contributed by atoms with Gasteiger partial charge in [-0.1, -0.05) is 22.0 Å². The molecule has 1 aliphatic rings. The SMILES string of the molecule is CNc1cccc(N2C(=O)CNc3cc(Br)ccc32)c1. The molecule has 2 aromatic carbocycles.